The molecule has 0 unspecified atom stereocenters. The highest BCUT2D eigenvalue weighted by Gasteiger charge is 2.18. The molecule has 2 aromatic carbocycles. The molecule has 0 aromatic heterocycles. The predicted octanol–water partition coefficient (Wildman–Crippen LogP) is 5.37. The van der Waals surface area contributed by atoms with Crippen LogP contribution in [-0.4, -0.2) is 16.2 Å². The van der Waals surface area contributed by atoms with Crippen LogP contribution in [-0.2, 0) is 10.8 Å². The van der Waals surface area contributed by atoms with Gasteiger partial charge in [-0.2, -0.15) is 0 Å². The summed E-state index contributed by atoms with van der Waals surface area (Å²) in [4.78, 5) is 10.2. The molecule has 0 spiro atoms. The van der Waals surface area contributed by atoms with Crippen LogP contribution in [0.25, 0.3) is 0 Å². The monoisotopic (exact) mass is 328 g/mol. The van der Waals surface area contributed by atoms with Crippen LogP contribution in [0, 0.1) is 0 Å². The third kappa shape index (κ3) is 6.07. The maximum Gasteiger partial charge on any atom is 0.335 e. The second-order valence-corrected chi connectivity index (χ2v) is 7.93. The highest BCUT2D eigenvalue weighted by molar-refractivity contribution is 5.87. The zero-order valence-corrected chi connectivity index (χ0v) is 15.4. The van der Waals surface area contributed by atoms with Gasteiger partial charge in [-0.3, -0.25) is 0 Å². The molecule has 3 heteroatoms. The minimum absolute atomic E-state index is 0.0741. The molecule has 0 amide bonds. The lowest BCUT2D eigenvalue weighted by atomic mass is 9.81. The van der Waals surface area contributed by atoms with E-state index in [9.17, 15) is 4.79 Å². The second-order valence-electron chi connectivity index (χ2n) is 7.93. The molecule has 0 aliphatic rings. The van der Waals surface area contributed by atoms with Crippen molar-refractivity contribution in [3.05, 3.63) is 65.2 Å². The van der Waals surface area contributed by atoms with Crippen molar-refractivity contribution >= 4 is 5.97 Å². The number of carboxylic acid groups (broad SMARTS) is 1. The number of rotatable bonds is 1. The summed E-state index contributed by atoms with van der Waals surface area (Å²) in [6.07, 6.45) is 0. The maximum atomic E-state index is 10.2. The van der Waals surface area contributed by atoms with Crippen molar-refractivity contribution in [1.82, 2.24) is 0 Å². The Labute approximate surface area is 145 Å². The van der Waals surface area contributed by atoms with E-state index in [1.54, 1.807) is 0 Å². The van der Waals surface area contributed by atoms with Crippen molar-refractivity contribution < 1.29 is 15.0 Å². The van der Waals surface area contributed by atoms with Gasteiger partial charge in [0.2, 0.25) is 0 Å². The average molecular weight is 328 g/mol. The normalized spacial score (nSPS) is 11.4. The Morgan fingerprint density at radius 3 is 1.54 bits per heavy atom. The maximum absolute atomic E-state index is 10.2. The lowest BCUT2D eigenvalue weighted by molar-refractivity contribution is 0.0697. The van der Waals surface area contributed by atoms with Gasteiger partial charge in [0.1, 0.15) is 5.75 Å². The van der Waals surface area contributed by atoms with Gasteiger partial charge in [0.15, 0.2) is 0 Å². The first kappa shape index (κ1) is 19.8. The standard InChI is InChI=1S/C14H22.C7H6O3/c1-13(2,3)11-8-7-9-12(10-11)14(4,5)6;8-6-3-1-5(2-4-6)7(9)10/h7-10H,1-6H3;1-4,8H,(H,9,10). The fourth-order valence-electron chi connectivity index (χ4n) is 2.06. The van der Waals surface area contributed by atoms with Crippen LogP contribution in [0.3, 0.4) is 0 Å². The summed E-state index contributed by atoms with van der Waals surface area (Å²) in [7, 11) is 0. The van der Waals surface area contributed by atoms with E-state index in [1.165, 1.54) is 35.4 Å². The Balaban J connectivity index is 0.000000254. The molecule has 0 aliphatic carbocycles. The number of aromatic hydroxyl groups is 1. The van der Waals surface area contributed by atoms with Crippen molar-refractivity contribution in [2.45, 2.75) is 52.4 Å². The fraction of sp³-hybridized carbons (Fsp3) is 0.381. The van der Waals surface area contributed by atoms with Crippen LogP contribution in [0.5, 0.6) is 5.75 Å². The molecular weight excluding hydrogens is 300 g/mol. The van der Waals surface area contributed by atoms with Crippen LogP contribution < -0.4 is 0 Å². The molecule has 0 radical (unpaired) electrons. The van der Waals surface area contributed by atoms with Crippen molar-refractivity contribution in [3.63, 3.8) is 0 Å². The van der Waals surface area contributed by atoms with E-state index in [1.807, 2.05) is 0 Å². The summed E-state index contributed by atoms with van der Waals surface area (Å²) < 4.78 is 0. The van der Waals surface area contributed by atoms with Gasteiger partial charge in [0.05, 0.1) is 5.56 Å². The minimum atomic E-state index is -0.986. The largest absolute Gasteiger partial charge is 0.508 e. The van der Waals surface area contributed by atoms with Crippen molar-refractivity contribution in [2.24, 2.45) is 0 Å². The van der Waals surface area contributed by atoms with E-state index in [0.717, 1.165) is 0 Å². The molecule has 0 atom stereocenters. The molecule has 130 valence electrons. The highest BCUT2D eigenvalue weighted by atomic mass is 16.4. The summed E-state index contributed by atoms with van der Waals surface area (Å²) in [5, 5.41) is 17.1. The van der Waals surface area contributed by atoms with Crippen LogP contribution in [0.1, 0.15) is 63.0 Å². The molecule has 3 nitrogen and oxygen atoms in total. The van der Waals surface area contributed by atoms with Gasteiger partial charge in [-0.1, -0.05) is 65.8 Å². The molecule has 2 rings (SSSR count). The smallest absolute Gasteiger partial charge is 0.335 e. The van der Waals surface area contributed by atoms with Gasteiger partial charge in [0, 0.05) is 0 Å². The molecule has 0 fully saturated rings. The number of benzene rings is 2. The Kier molecular flexibility index (Phi) is 6.19. The zero-order chi connectivity index (χ0) is 18.5. The first-order chi connectivity index (χ1) is 10.9. The van der Waals surface area contributed by atoms with Gasteiger partial charge >= 0.3 is 5.97 Å². The first-order valence-corrected chi connectivity index (χ1v) is 8.04. The third-order valence-corrected chi connectivity index (χ3v) is 3.71. The second kappa shape index (κ2) is 7.52. The summed E-state index contributed by atoms with van der Waals surface area (Å²) in [6, 6.07) is 14.3. The Bertz CT molecular complexity index is 642. The van der Waals surface area contributed by atoms with Gasteiger partial charge in [-0.15, -0.1) is 0 Å². The molecule has 0 saturated heterocycles. The molecule has 2 aromatic rings. The minimum Gasteiger partial charge on any atom is -0.508 e. The Morgan fingerprint density at radius 1 is 0.792 bits per heavy atom. The predicted molar refractivity (Wildman–Crippen MR) is 98.9 cm³/mol. The Morgan fingerprint density at radius 2 is 1.21 bits per heavy atom. The van der Waals surface area contributed by atoms with Gasteiger partial charge in [-0.05, 0) is 46.2 Å². The first-order valence-electron chi connectivity index (χ1n) is 8.04. The quantitative estimate of drug-likeness (QED) is 0.739. The molecule has 2 N–H and O–H groups in total. The number of hydrogen-bond acceptors (Lipinski definition) is 2. The molecule has 0 heterocycles. The Hall–Kier alpha value is -2.29. The summed E-state index contributed by atoms with van der Waals surface area (Å²) in [5.74, 6) is -0.912. The molecular formula is C21H28O3. The number of hydrogen-bond donors (Lipinski definition) is 2. The SMILES string of the molecule is CC(C)(C)c1cccc(C(C)(C)C)c1.O=C(O)c1ccc(O)cc1. The van der Waals surface area contributed by atoms with E-state index in [-0.39, 0.29) is 22.1 Å². The highest BCUT2D eigenvalue weighted by Crippen LogP contribution is 2.28. The zero-order valence-electron chi connectivity index (χ0n) is 15.4. The van der Waals surface area contributed by atoms with Crippen LogP contribution in [0.15, 0.2) is 48.5 Å². The molecule has 0 saturated carbocycles. The molecule has 0 bridgehead atoms. The van der Waals surface area contributed by atoms with Crippen LogP contribution in [0.4, 0.5) is 0 Å². The number of phenols is 1. The summed E-state index contributed by atoms with van der Waals surface area (Å²) in [6.45, 7) is 13.6. The van der Waals surface area contributed by atoms with Gasteiger partial charge < -0.3 is 10.2 Å². The fourth-order valence-corrected chi connectivity index (χ4v) is 2.06. The third-order valence-electron chi connectivity index (χ3n) is 3.71. The van der Waals surface area contributed by atoms with Gasteiger partial charge in [0.25, 0.3) is 0 Å². The number of phenolic OH excluding ortho intramolecular Hbond substituents is 1. The number of aromatic carboxylic acids is 1. The van der Waals surface area contributed by atoms with Crippen molar-refractivity contribution in [2.75, 3.05) is 0 Å². The average Bonchev–Trinajstić information content (AvgIpc) is 2.47. The molecule has 0 aliphatic heterocycles. The van der Waals surface area contributed by atoms with Crippen LogP contribution in [0.2, 0.25) is 0 Å². The number of carbonyl (C=O) groups is 1. The van der Waals surface area contributed by atoms with E-state index in [2.05, 4.69) is 65.8 Å². The van der Waals surface area contributed by atoms with Gasteiger partial charge in [-0.25, -0.2) is 4.79 Å². The van der Waals surface area contributed by atoms with Crippen molar-refractivity contribution in [1.29, 1.82) is 0 Å². The molecule has 24 heavy (non-hydrogen) atoms. The van der Waals surface area contributed by atoms with E-state index < -0.39 is 5.97 Å². The lowest BCUT2D eigenvalue weighted by Crippen LogP contribution is -2.15. The van der Waals surface area contributed by atoms with E-state index >= 15 is 0 Å². The van der Waals surface area contributed by atoms with Crippen molar-refractivity contribution in [3.8, 4) is 5.75 Å². The topological polar surface area (TPSA) is 57.5 Å². The number of carboxylic acids is 1. The summed E-state index contributed by atoms with van der Waals surface area (Å²) >= 11 is 0. The van der Waals surface area contributed by atoms with E-state index in [4.69, 9.17) is 10.2 Å². The van der Waals surface area contributed by atoms with E-state index in [0.29, 0.717) is 0 Å². The van der Waals surface area contributed by atoms with Crippen LogP contribution >= 0.6 is 0 Å². The lowest BCUT2D eigenvalue weighted by Gasteiger charge is -2.24. The summed E-state index contributed by atoms with van der Waals surface area (Å²) in [5.41, 5.74) is 3.52.